The summed E-state index contributed by atoms with van der Waals surface area (Å²) in [6.07, 6.45) is 1.22. The minimum absolute atomic E-state index is 0. The van der Waals surface area contributed by atoms with Crippen molar-refractivity contribution in [3.05, 3.63) is 24.3 Å². The van der Waals surface area contributed by atoms with Crippen LogP contribution < -0.4 is 20.1 Å². The van der Waals surface area contributed by atoms with Gasteiger partial charge in [-0.05, 0) is 38.4 Å². The molecule has 2 aliphatic heterocycles. The van der Waals surface area contributed by atoms with Crippen molar-refractivity contribution in [2.75, 3.05) is 13.1 Å². The molecule has 5 nitrogen and oxygen atoms in total. The highest BCUT2D eigenvalue weighted by Crippen LogP contribution is 2.33. The van der Waals surface area contributed by atoms with Gasteiger partial charge < -0.3 is 20.1 Å². The van der Waals surface area contributed by atoms with E-state index < -0.39 is 6.10 Å². The maximum absolute atomic E-state index is 12.3. The fourth-order valence-electron chi connectivity index (χ4n) is 2.66. The average Bonchev–Trinajstić information content (AvgIpc) is 2.47. The zero-order valence-electron chi connectivity index (χ0n) is 12.0. The number of piperidine rings is 1. The number of fused-ring (bicyclic) bond motifs is 1. The highest BCUT2D eigenvalue weighted by Gasteiger charge is 2.34. The van der Waals surface area contributed by atoms with Crippen molar-refractivity contribution in [1.82, 2.24) is 10.6 Å². The first-order valence-corrected chi connectivity index (χ1v) is 7.17. The van der Waals surface area contributed by atoms with E-state index in [0.717, 1.165) is 25.9 Å². The van der Waals surface area contributed by atoms with Crippen molar-refractivity contribution < 1.29 is 14.3 Å². The molecule has 0 aliphatic carbocycles. The van der Waals surface area contributed by atoms with Gasteiger partial charge in [0.2, 0.25) is 6.10 Å². The molecule has 0 saturated carbocycles. The number of benzene rings is 1. The van der Waals surface area contributed by atoms with Gasteiger partial charge in [-0.2, -0.15) is 0 Å². The molecule has 0 spiro atoms. The van der Waals surface area contributed by atoms with E-state index in [4.69, 9.17) is 9.47 Å². The smallest absolute Gasteiger partial charge is 0.265 e. The normalized spacial score (nSPS) is 27.4. The first kappa shape index (κ1) is 15.9. The van der Waals surface area contributed by atoms with Crippen molar-refractivity contribution in [3.63, 3.8) is 0 Å². The SMILES string of the molecule is CC1Oc2ccccc2OC1C(=O)N[C@H]1CCCNC1.Cl. The lowest BCUT2D eigenvalue weighted by Gasteiger charge is -2.32. The molecular weight excluding hydrogens is 292 g/mol. The average molecular weight is 313 g/mol. The number of carbonyl (C=O) groups is 1. The second-order valence-electron chi connectivity index (χ2n) is 5.36. The molecule has 2 heterocycles. The lowest BCUT2D eigenvalue weighted by atomic mass is 10.1. The molecule has 1 aromatic carbocycles. The van der Waals surface area contributed by atoms with Crippen LogP contribution in [0.4, 0.5) is 0 Å². The Morgan fingerprint density at radius 1 is 1.29 bits per heavy atom. The van der Waals surface area contributed by atoms with Gasteiger partial charge in [0.15, 0.2) is 11.5 Å². The Bertz CT molecular complexity index is 492. The van der Waals surface area contributed by atoms with Crippen LogP contribution in [0.15, 0.2) is 24.3 Å². The Morgan fingerprint density at radius 2 is 2.00 bits per heavy atom. The second kappa shape index (κ2) is 7.00. The van der Waals surface area contributed by atoms with E-state index in [9.17, 15) is 4.79 Å². The maximum Gasteiger partial charge on any atom is 0.265 e. The highest BCUT2D eigenvalue weighted by atomic mass is 35.5. The molecule has 2 N–H and O–H groups in total. The molecule has 1 aromatic rings. The van der Waals surface area contributed by atoms with E-state index in [2.05, 4.69) is 10.6 Å². The van der Waals surface area contributed by atoms with Gasteiger partial charge in [-0.25, -0.2) is 0 Å². The van der Waals surface area contributed by atoms with Crippen molar-refractivity contribution in [2.45, 2.75) is 38.0 Å². The molecule has 0 radical (unpaired) electrons. The van der Waals surface area contributed by atoms with Gasteiger partial charge in [0.25, 0.3) is 5.91 Å². The summed E-state index contributed by atoms with van der Waals surface area (Å²) in [5.41, 5.74) is 0. The molecule has 6 heteroatoms. The topological polar surface area (TPSA) is 59.6 Å². The largest absolute Gasteiger partial charge is 0.482 e. The fraction of sp³-hybridized carbons (Fsp3) is 0.533. The van der Waals surface area contributed by atoms with E-state index in [1.807, 2.05) is 31.2 Å². The first-order valence-electron chi connectivity index (χ1n) is 7.17. The van der Waals surface area contributed by atoms with Crippen LogP contribution in [0, 0.1) is 0 Å². The third-order valence-corrected chi connectivity index (χ3v) is 3.74. The summed E-state index contributed by atoms with van der Waals surface area (Å²) >= 11 is 0. The number of rotatable bonds is 2. The van der Waals surface area contributed by atoms with Crippen molar-refractivity contribution >= 4 is 18.3 Å². The van der Waals surface area contributed by atoms with Crippen LogP contribution in [0.3, 0.4) is 0 Å². The molecule has 21 heavy (non-hydrogen) atoms. The molecule has 1 amide bonds. The molecule has 0 bridgehead atoms. The number of carbonyl (C=O) groups excluding carboxylic acids is 1. The van der Waals surface area contributed by atoms with Gasteiger partial charge in [-0.1, -0.05) is 12.1 Å². The zero-order valence-corrected chi connectivity index (χ0v) is 12.8. The van der Waals surface area contributed by atoms with Gasteiger partial charge >= 0.3 is 0 Å². The van der Waals surface area contributed by atoms with E-state index >= 15 is 0 Å². The van der Waals surface area contributed by atoms with Crippen molar-refractivity contribution in [1.29, 1.82) is 0 Å². The monoisotopic (exact) mass is 312 g/mol. The van der Waals surface area contributed by atoms with Crippen molar-refractivity contribution in [2.24, 2.45) is 0 Å². The number of amides is 1. The van der Waals surface area contributed by atoms with Gasteiger partial charge in [0.1, 0.15) is 6.10 Å². The lowest BCUT2D eigenvalue weighted by Crippen LogP contribution is -2.54. The summed E-state index contributed by atoms with van der Waals surface area (Å²) < 4.78 is 11.5. The fourth-order valence-corrected chi connectivity index (χ4v) is 2.66. The lowest BCUT2D eigenvalue weighted by molar-refractivity contribution is -0.134. The van der Waals surface area contributed by atoms with Crippen LogP contribution in [-0.4, -0.2) is 37.2 Å². The summed E-state index contributed by atoms with van der Waals surface area (Å²) in [6.45, 7) is 3.71. The number of para-hydroxylation sites is 2. The van der Waals surface area contributed by atoms with Gasteiger partial charge in [-0.15, -0.1) is 12.4 Å². The molecular formula is C15H21ClN2O3. The number of ether oxygens (including phenoxy) is 2. The molecule has 2 unspecified atom stereocenters. The molecule has 3 rings (SSSR count). The third-order valence-electron chi connectivity index (χ3n) is 3.74. The number of hydrogen-bond donors (Lipinski definition) is 2. The summed E-state index contributed by atoms with van der Waals surface area (Å²) in [4.78, 5) is 12.3. The zero-order chi connectivity index (χ0) is 13.9. The Morgan fingerprint density at radius 3 is 2.67 bits per heavy atom. The van der Waals surface area contributed by atoms with E-state index in [0.29, 0.717) is 11.5 Å². The Balaban J connectivity index is 0.00000161. The van der Waals surface area contributed by atoms with E-state index in [-0.39, 0.29) is 30.5 Å². The van der Waals surface area contributed by atoms with Crippen molar-refractivity contribution in [3.8, 4) is 11.5 Å². The predicted octanol–water partition coefficient (Wildman–Crippen LogP) is 1.50. The van der Waals surface area contributed by atoms with Crippen LogP contribution in [-0.2, 0) is 4.79 Å². The standard InChI is InChI=1S/C15H20N2O3.ClH/c1-10-14(15(18)17-11-5-4-8-16-9-11)20-13-7-3-2-6-12(13)19-10;/h2-3,6-7,10-11,14,16H,4-5,8-9H2,1H3,(H,17,18);1H/t10?,11-,14?;/m0./s1. The third kappa shape index (κ3) is 3.60. The van der Waals surface area contributed by atoms with Crippen LogP contribution in [0.25, 0.3) is 0 Å². The Labute approximate surface area is 130 Å². The highest BCUT2D eigenvalue weighted by molar-refractivity contribution is 5.85. The summed E-state index contributed by atoms with van der Waals surface area (Å²) in [7, 11) is 0. The maximum atomic E-state index is 12.3. The van der Waals surface area contributed by atoms with Gasteiger partial charge in [-0.3, -0.25) is 4.79 Å². The molecule has 3 atom stereocenters. The molecule has 2 aliphatic rings. The minimum atomic E-state index is -0.591. The molecule has 1 fully saturated rings. The first-order chi connectivity index (χ1) is 9.74. The number of halogens is 1. The molecule has 116 valence electrons. The summed E-state index contributed by atoms with van der Waals surface area (Å²) in [5.74, 6) is 1.23. The van der Waals surface area contributed by atoms with Crippen LogP contribution in [0.5, 0.6) is 11.5 Å². The Hall–Kier alpha value is -1.46. The predicted molar refractivity (Wildman–Crippen MR) is 82.2 cm³/mol. The molecule has 1 saturated heterocycles. The van der Waals surface area contributed by atoms with E-state index in [1.54, 1.807) is 0 Å². The summed E-state index contributed by atoms with van der Waals surface area (Å²) in [6, 6.07) is 7.62. The van der Waals surface area contributed by atoms with Crippen LogP contribution in [0.2, 0.25) is 0 Å². The number of nitrogens with one attached hydrogen (secondary N) is 2. The minimum Gasteiger partial charge on any atom is -0.482 e. The van der Waals surface area contributed by atoms with Crippen LogP contribution in [0.1, 0.15) is 19.8 Å². The number of hydrogen-bond acceptors (Lipinski definition) is 4. The van der Waals surface area contributed by atoms with Crippen LogP contribution >= 0.6 is 12.4 Å². The quantitative estimate of drug-likeness (QED) is 0.869. The van der Waals surface area contributed by atoms with Gasteiger partial charge in [0.05, 0.1) is 0 Å². The second-order valence-corrected chi connectivity index (χ2v) is 5.36. The van der Waals surface area contributed by atoms with Gasteiger partial charge in [0, 0.05) is 12.6 Å². The Kier molecular flexibility index (Phi) is 5.31. The summed E-state index contributed by atoms with van der Waals surface area (Å²) in [5, 5.41) is 6.33. The van der Waals surface area contributed by atoms with E-state index in [1.165, 1.54) is 0 Å². The molecule has 0 aromatic heterocycles.